The van der Waals surface area contributed by atoms with Gasteiger partial charge in [-0.1, -0.05) is 23.7 Å². The number of carbonyl (C=O) groups is 1. The second-order valence-corrected chi connectivity index (χ2v) is 8.83. The van der Waals surface area contributed by atoms with Crippen molar-refractivity contribution in [3.63, 3.8) is 0 Å². The third-order valence-electron chi connectivity index (χ3n) is 6.18. The summed E-state index contributed by atoms with van der Waals surface area (Å²) in [6.45, 7) is 5.59. The van der Waals surface area contributed by atoms with Crippen LogP contribution in [0.25, 0.3) is 0 Å². The molecule has 0 amide bonds. The Morgan fingerprint density at radius 3 is 2.74 bits per heavy atom. The first kappa shape index (κ1) is 24.5. The number of methoxy groups -OCH3 is 1. The molecule has 0 aromatic heterocycles. The number of aliphatic imine (C=N–C) groups is 1. The minimum absolute atomic E-state index is 0.304. The number of hydrogen-bond donors (Lipinski definition) is 2. The fourth-order valence-corrected chi connectivity index (χ4v) is 4.40. The van der Waals surface area contributed by atoms with E-state index in [1.54, 1.807) is 7.05 Å². The molecule has 0 radical (unpaired) electrons. The summed E-state index contributed by atoms with van der Waals surface area (Å²) >= 11 is 6.26. The highest BCUT2D eigenvalue weighted by Gasteiger charge is 2.25. The summed E-state index contributed by atoms with van der Waals surface area (Å²) in [5.74, 6) is 0.676. The van der Waals surface area contributed by atoms with Gasteiger partial charge in [0.15, 0.2) is 0 Å². The van der Waals surface area contributed by atoms with Crippen LogP contribution in [0.3, 0.4) is 0 Å². The van der Waals surface area contributed by atoms with Crippen molar-refractivity contribution in [2.45, 2.75) is 12.5 Å². The number of ether oxygens (including phenoxy) is 2. The number of amidine groups is 1. The molecule has 0 saturated carbocycles. The fraction of sp³-hybridized carbons (Fsp3) is 0.440. The molecule has 1 saturated heterocycles. The monoisotopic (exact) mass is 485 g/mol. The lowest BCUT2D eigenvalue weighted by Crippen LogP contribution is -2.49. The number of hydrogen-bond acceptors (Lipinski definition) is 8. The van der Waals surface area contributed by atoms with E-state index in [0.717, 1.165) is 67.6 Å². The Morgan fingerprint density at radius 1 is 1.18 bits per heavy atom. The SMILES string of the molecule is CNC(COCCCN1CCN(C2=Nc3cc(Cl)ccc3Nc3ccccc32)CC1)C(=O)OC. The molecule has 34 heavy (non-hydrogen) atoms. The van der Waals surface area contributed by atoms with Gasteiger partial charge in [0, 0.05) is 55.6 Å². The minimum Gasteiger partial charge on any atom is -0.468 e. The quantitative estimate of drug-likeness (QED) is 0.439. The normalized spacial score (nSPS) is 16.6. The van der Waals surface area contributed by atoms with E-state index >= 15 is 0 Å². The summed E-state index contributed by atoms with van der Waals surface area (Å²) in [6.07, 6.45) is 0.914. The molecule has 0 bridgehead atoms. The molecule has 9 heteroatoms. The van der Waals surface area contributed by atoms with Gasteiger partial charge in [-0.3, -0.25) is 9.69 Å². The Bertz CT molecular complexity index is 1020. The summed E-state index contributed by atoms with van der Waals surface area (Å²) < 4.78 is 10.4. The number of anilines is 2. The number of nitrogens with zero attached hydrogens (tertiary/aromatic N) is 3. The highest BCUT2D eigenvalue weighted by Crippen LogP contribution is 2.36. The summed E-state index contributed by atoms with van der Waals surface area (Å²) in [5, 5.41) is 7.10. The van der Waals surface area contributed by atoms with Crippen molar-refractivity contribution >= 4 is 40.5 Å². The third kappa shape index (κ3) is 5.88. The van der Waals surface area contributed by atoms with Crippen LogP contribution in [-0.2, 0) is 14.3 Å². The zero-order valence-corrected chi connectivity index (χ0v) is 20.5. The van der Waals surface area contributed by atoms with Gasteiger partial charge in [0.25, 0.3) is 0 Å². The summed E-state index contributed by atoms with van der Waals surface area (Å²) in [6, 6.07) is 13.6. The topological polar surface area (TPSA) is 78.4 Å². The smallest absolute Gasteiger partial charge is 0.325 e. The lowest BCUT2D eigenvalue weighted by atomic mass is 10.1. The number of rotatable bonds is 8. The second-order valence-electron chi connectivity index (χ2n) is 8.39. The van der Waals surface area contributed by atoms with Gasteiger partial charge in [0.1, 0.15) is 11.9 Å². The Morgan fingerprint density at radius 2 is 1.97 bits per heavy atom. The molecular weight excluding hydrogens is 454 g/mol. The number of nitrogens with one attached hydrogen (secondary N) is 2. The summed E-state index contributed by atoms with van der Waals surface area (Å²) in [7, 11) is 3.11. The standard InChI is InChI=1S/C25H32ClN5O3/c1-27-23(25(32)33-2)17-34-15-5-10-30-11-13-31(14-12-30)24-19-6-3-4-7-20(19)28-21-9-8-18(26)16-22(21)29-24/h3-4,6-9,16,23,27-28H,5,10-15,17H2,1-2H3. The van der Waals surface area contributed by atoms with Crippen LogP contribution in [0, 0.1) is 0 Å². The zero-order chi connectivity index (χ0) is 23.9. The first-order chi connectivity index (χ1) is 16.6. The average Bonchev–Trinajstić information content (AvgIpc) is 3.02. The van der Waals surface area contributed by atoms with Crippen LogP contribution < -0.4 is 10.6 Å². The van der Waals surface area contributed by atoms with E-state index in [2.05, 4.69) is 32.6 Å². The van der Waals surface area contributed by atoms with E-state index in [4.69, 9.17) is 26.1 Å². The second kappa shape index (κ2) is 11.7. The fourth-order valence-electron chi connectivity index (χ4n) is 4.24. The van der Waals surface area contributed by atoms with Crippen molar-refractivity contribution in [2.24, 2.45) is 4.99 Å². The zero-order valence-electron chi connectivity index (χ0n) is 19.7. The molecule has 4 rings (SSSR count). The predicted octanol–water partition coefficient (Wildman–Crippen LogP) is 3.26. The maximum absolute atomic E-state index is 11.6. The lowest BCUT2D eigenvalue weighted by molar-refractivity contribution is -0.144. The van der Waals surface area contributed by atoms with Gasteiger partial charge in [-0.05, 0) is 43.8 Å². The van der Waals surface area contributed by atoms with Gasteiger partial charge in [-0.15, -0.1) is 0 Å². The van der Waals surface area contributed by atoms with Gasteiger partial charge >= 0.3 is 5.97 Å². The van der Waals surface area contributed by atoms with Crippen molar-refractivity contribution in [1.29, 1.82) is 0 Å². The minimum atomic E-state index is -0.425. The number of esters is 1. The molecule has 2 aliphatic heterocycles. The Balaban J connectivity index is 1.32. The highest BCUT2D eigenvalue weighted by molar-refractivity contribution is 6.31. The van der Waals surface area contributed by atoms with E-state index in [0.29, 0.717) is 18.2 Å². The van der Waals surface area contributed by atoms with E-state index in [1.807, 2.05) is 30.3 Å². The van der Waals surface area contributed by atoms with E-state index in [-0.39, 0.29) is 5.97 Å². The van der Waals surface area contributed by atoms with Crippen LogP contribution in [0.5, 0.6) is 0 Å². The molecule has 1 unspecified atom stereocenters. The van der Waals surface area contributed by atoms with Crippen LogP contribution >= 0.6 is 11.6 Å². The molecule has 2 aromatic carbocycles. The maximum Gasteiger partial charge on any atom is 0.325 e. The number of likely N-dealkylation sites (N-methyl/N-ethyl adjacent to an activating group) is 1. The van der Waals surface area contributed by atoms with Gasteiger partial charge in [0.05, 0.1) is 25.1 Å². The maximum atomic E-state index is 11.6. The third-order valence-corrected chi connectivity index (χ3v) is 6.41. The molecule has 2 N–H and O–H groups in total. The summed E-state index contributed by atoms with van der Waals surface area (Å²) in [5.41, 5.74) is 3.96. The predicted molar refractivity (Wildman–Crippen MR) is 136 cm³/mol. The Labute approximate surface area is 205 Å². The number of benzene rings is 2. The highest BCUT2D eigenvalue weighted by atomic mass is 35.5. The molecule has 2 aliphatic rings. The van der Waals surface area contributed by atoms with Crippen molar-refractivity contribution in [2.75, 3.05) is 65.4 Å². The van der Waals surface area contributed by atoms with Gasteiger partial charge in [0.2, 0.25) is 0 Å². The van der Waals surface area contributed by atoms with Gasteiger partial charge in [-0.2, -0.15) is 0 Å². The van der Waals surface area contributed by atoms with Crippen molar-refractivity contribution in [1.82, 2.24) is 15.1 Å². The van der Waals surface area contributed by atoms with E-state index in [1.165, 1.54) is 7.11 Å². The Kier molecular flexibility index (Phi) is 8.39. The molecular formula is C25H32ClN5O3. The average molecular weight is 486 g/mol. The number of piperazine rings is 1. The molecule has 0 aliphatic carbocycles. The van der Waals surface area contributed by atoms with Gasteiger partial charge in [-0.25, -0.2) is 4.99 Å². The number of para-hydroxylation sites is 1. The van der Waals surface area contributed by atoms with Gasteiger partial charge < -0.3 is 25.0 Å². The van der Waals surface area contributed by atoms with Crippen LogP contribution in [0.2, 0.25) is 5.02 Å². The molecule has 1 fully saturated rings. The molecule has 0 spiro atoms. The number of halogens is 1. The van der Waals surface area contributed by atoms with Crippen molar-refractivity contribution in [3.8, 4) is 0 Å². The van der Waals surface area contributed by atoms with Crippen molar-refractivity contribution < 1.29 is 14.3 Å². The molecule has 8 nitrogen and oxygen atoms in total. The Hall–Kier alpha value is -2.65. The molecule has 2 heterocycles. The number of fused-ring (bicyclic) bond motifs is 2. The summed E-state index contributed by atoms with van der Waals surface area (Å²) in [4.78, 5) is 21.4. The molecule has 2 aromatic rings. The molecule has 182 valence electrons. The van der Waals surface area contributed by atoms with E-state index < -0.39 is 6.04 Å². The first-order valence-electron chi connectivity index (χ1n) is 11.6. The van der Waals surface area contributed by atoms with Crippen molar-refractivity contribution in [3.05, 3.63) is 53.1 Å². The van der Waals surface area contributed by atoms with E-state index in [9.17, 15) is 4.79 Å². The van der Waals surface area contributed by atoms with Crippen LogP contribution in [-0.4, -0.2) is 87.7 Å². The molecule has 1 atom stereocenters. The first-order valence-corrected chi connectivity index (χ1v) is 12.0. The van der Waals surface area contributed by atoms with Crippen LogP contribution in [0.1, 0.15) is 12.0 Å². The van der Waals surface area contributed by atoms with Crippen LogP contribution in [0.4, 0.5) is 17.1 Å². The largest absolute Gasteiger partial charge is 0.468 e. The van der Waals surface area contributed by atoms with Crippen LogP contribution in [0.15, 0.2) is 47.5 Å². The number of carbonyl (C=O) groups excluding carboxylic acids is 1. The lowest BCUT2D eigenvalue weighted by Gasteiger charge is -2.36.